The molecule has 7 heteroatoms. The van der Waals surface area contributed by atoms with Crippen molar-refractivity contribution in [2.24, 2.45) is 0 Å². The van der Waals surface area contributed by atoms with Gasteiger partial charge in [0.05, 0.1) is 41.9 Å². The largest absolute Gasteiger partial charge is 0.496 e. The molecule has 0 saturated carbocycles. The van der Waals surface area contributed by atoms with E-state index in [1.54, 1.807) is 13.2 Å². The van der Waals surface area contributed by atoms with E-state index in [9.17, 15) is 5.26 Å². The maximum atomic E-state index is 9.52. The first-order valence-electron chi connectivity index (χ1n) is 7.96. The Hall–Kier alpha value is -2.68. The lowest BCUT2D eigenvalue weighted by Crippen LogP contribution is -2.06. The summed E-state index contributed by atoms with van der Waals surface area (Å²) < 4.78 is 10.7. The fraction of sp³-hybridized carbons (Fsp3) is 0.200. The van der Waals surface area contributed by atoms with Crippen molar-refractivity contribution in [1.82, 2.24) is 4.98 Å². The highest BCUT2D eigenvalue weighted by molar-refractivity contribution is 6.31. The monoisotopic (exact) mass is 403 g/mol. The second kappa shape index (κ2) is 9.31. The van der Waals surface area contributed by atoms with Crippen LogP contribution >= 0.6 is 23.2 Å². The average Bonchev–Trinajstić information content (AvgIpc) is 2.69. The van der Waals surface area contributed by atoms with Crippen LogP contribution in [0.4, 0.5) is 5.69 Å². The van der Waals surface area contributed by atoms with Gasteiger partial charge in [-0.1, -0.05) is 18.2 Å². The number of aryl methyl sites for hydroxylation is 1. The van der Waals surface area contributed by atoms with Crippen molar-refractivity contribution in [1.29, 1.82) is 5.26 Å². The minimum Gasteiger partial charge on any atom is -0.496 e. The van der Waals surface area contributed by atoms with Gasteiger partial charge in [0.2, 0.25) is 0 Å². The Morgan fingerprint density at radius 2 is 2.15 bits per heavy atom. The first-order valence-corrected chi connectivity index (χ1v) is 8.87. The smallest absolute Gasteiger partial charge is 0.139 e. The molecule has 0 spiro atoms. The lowest BCUT2D eigenvalue weighted by Gasteiger charge is -2.15. The Labute approximate surface area is 168 Å². The quantitative estimate of drug-likeness (QED) is 0.388. The number of benzene rings is 1. The first-order chi connectivity index (χ1) is 13.0. The van der Waals surface area contributed by atoms with Crippen LogP contribution in [-0.2, 0) is 4.74 Å². The summed E-state index contributed by atoms with van der Waals surface area (Å²) in [6.07, 6.45) is 4.65. The van der Waals surface area contributed by atoms with Gasteiger partial charge >= 0.3 is 0 Å². The summed E-state index contributed by atoms with van der Waals surface area (Å²) in [6, 6.07) is 5.90. The maximum absolute atomic E-state index is 9.52. The van der Waals surface area contributed by atoms with E-state index >= 15 is 0 Å². The van der Waals surface area contributed by atoms with Crippen LogP contribution < -0.4 is 10.1 Å². The molecule has 0 atom stereocenters. The predicted molar refractivity (Wildman–Crippen MR) is 110 cm³/mol. The predicted octanol–water partition coefficient (Wildman–Crippen LogP) is 5.24. The van der Waals surface area contributed by atoms with Crippen LogP contribution in [0.5, 0.6) is 5.75 Å². The topological polar surface area (TPSA) is 67.2 Å². The van der Waals surface area contributed by atoms with E-state index in [1.807, 2.05) is 19.1 Å². The summed E-state index contributed by atoms with van der Waals surface area (Å²) in [4.78, 5) is 4.36. The lowest BCUT2D eigenvalue weighted by atomic mass is 10.1. The molecule has 27 heavy (non-hydrogen) atoms. The van der Waals surface area contributed by atoms with Crippen LogP contribution in [0.2, 0.25) is 0 Å². The lowest BCUT2D eigenvalue weighted by molar-refractivity contribution is 0.305. The molecule has 0 amide bonds. The van der Waals surface area contributed by atoms with E-state index in [1.165, 1.54) is 19.4 Å². The number of nitrogens with one attached hydrogen (secondary N) is 1. The van der Waals surface area contributed by atoms with E-state index in [0.29, 0.717) is 33.5 Å². The minimum absolute atomic E-state index is 0.145. The third-order valence-electron chi connectivity index (χ3n) is 3.87. The zero-order chi connectivity index (χ0) is 20.0. The Kier molecular flexibility index (Phi) is 7.12. The second-order valence-corrected chi connectivity index (χ2v) is 6.22. The molecule has 0 bridgehead atoms. The number of nitriles is 1. The number of allylic oxidation sites excluding steroid dienone is 4. The van der Waals surface area contributed by atoms with Gasteiger partial charge in [-0.05, 0) is 30.7 Å². The van der Waals surface area contributed by atoms with E-state index in [0.717, 1.165) is 16.5 Å². The molecule has 0 radical (unpaired) electrons. The normalized spacial score (nSPS) is 12.2. The third kappa shape index (κ3) is 4.54. The van der Waals surface area contributed by atoms with Gasteiger partial charge in [-0.15, -0.1) is 11.6 Å². The zero-order valence-corrected chi connectivity index (χ0v) is 16.8. The summed E-state index contributed by atoms with van der Waals surface area (Å²) in [6.45, 7) is 5.56. The molecule has 0 aliphatic rings. The van der Waals surface area contributed by atoms with E-state index in [4.69, 9.17) is 32.7 Å². The van der Waals surface area contributed by atoms with Crippen LogP contribution in [-0.4, -0.2) is 25.1 Å². The molecule has 1 aromatic heterocycles. The average molecular weight is 404 g/mol. The van der Waals surface area contributed by atoms with E-state index < -0.39 is 0 Å². The van der Waals surface area contributed by atoms with Crippen molar-refractivity contribution >= 4 is 39.8 Å². The summed E-state index contributed by atoms with van der Waals surface area (Å²) in [5.74, 6) is 1.25. The van der Waals surface area contributed by atoms with Gasteiger partial charge in [-0.25, -0.2) is 0 Å². The number of fused-ring (bicyclic) bond motifs is 1. The van der Waals surface area contributed by atoms with Gasteiger partial charge in [0, 0.05) is 23.4 Å². The fourth-order valence-corrected chi connectivity index (χ4v) is 2.79. The summed E-state index contributed by atoms with van der Waals surface area (Å²) in [7, 11) is 3.10. The van der Waals surface area contributed by atoms with Crippen LogP contribution in [0.1, 0.15) is 11.1 Å². The summed E-state index contributed by atoms with van der Waals surface area (Å²) in [5, 5.41) is 13.8. The van der Waals surface area contributed by atoms with E-state index in [2.05, 4.69) is 22.9 Å². The number of halogens is 2. The molecule has 1 N–H and O–H groups in total. The summed E-state index contributed by atoms with van der Waals surface area (Å²) in [5.41, 5.74) is 3.23. The standard InChI is InChI=1S/C20H19Cl2N3O2/c1-5-16(22)19(27-4)7-14(9-21)25-20-13(10-23)11-24-17-6-12(2)18(26-3)8-15(17)20/h5-8,11H,1,9H2,2-4H3,(H,24,25)/b14-7+,19-16-. The van der Waals surface area contributed by atoms with Gasteiger partial charge in [0.25, 0.3) is 0 Å². The molecule has 5 nitrogen and oxygen atoms in total. The SMILES string of the molecule is C=C/C(Cl)=C(\C=C(/CCl)Nc1c(C#N)cnc2cc(C)c(OC)cc12)OC. The van der Waals surface area contributed by atoms with Crippen molar-refractivity contribution in [2.75, 3.05) is 25.4 Å². The van der Waals surface area contributed by atoms with Crippen LogP contribution in [0.3, 0.4) is 0 Å². The number of nitrogens with zero attached hydrogens (tertiary/aromatic N) is 2. The molecule has 1 heterocycles. The molecule has 2 aromatic rings. The van der Waals surface area contributed by atoms with E-state index in [-0.39, 0.29) is 5.88 Å². The Morgan fingerprint density at radius 3 is 2.70 bits per heavy atom. The number of hydrogen-bond acceptors (Lipinski definition) is 5. The highest BCUT2D eigenvalue weighted by atomic mass is 35.5. The van der Waals surface area contributed by atoms with Gasteiger partial charge in [-0.2, -0.15) is 5.26 Å². The van der Waals surface area contributed by atoms with Gasteiger partial charge < -0.3 is 14.8 Å². The Morgan fingerprint density at radius 1 is 1.41 bits per heavy atom. The zero-order valence-electron chi connectivity index (χ0n) is 15.3. The molecule has 0 fully saturated rings. The summed E-state index contributed by atoms with van der Waals surface area (Å²) >= 11 is 12.2. The van der Waals surface area contributed by atoms with Crippen LogP contribution in [0, 0.1) is 18.3 Å². The van der Waals surface area contributed by atoms with Crippen molar-refractivity contribution in [3.8, 4) is 11.8 Å². The van der Waals surface area contributed by atoms with Crippen molar-refractivity contribution < 1.29 is 9.47 Å². The van der Waals surface area contributed by atoms with Crippen molar-refractivity contribution in [2.45, 2.75) is 6.92 Å². The fourth-order valence-electron chi connectivity index (χ4n) is 2.52. The molecule has 2 rings (SSSR count). The molecule has 0 aliphatic heterocycles. The van der Waals surface area contributed by atoms with Gasteiger partial charge in [0.15, 0.2) is 0 Å². The maximum Gasteiger partial charge on any atom is 0.139 e. The van der Waals surface area contributed by atoms with Gasteiger partial charge in [0.1, 0.15) is 17.6 Å². The van der Waals surface area contributed by atoms with Crippen molar-refractivity contribution in [3.05, 3.63) is 64.7 Å². The van der Waals surface area contributed by atoms with Gasteiger partial charge in [-0.3, -0.25) is 4.98 Å². The minimum atomic E-state index is 0.145. The molecule has 1 aromatic carbocycles. The second-order valence-electron chi connectivity index (χ2n) is 5.55. The number of pyridine rings is 1. The molecule has 140 valence electrons. The third-order valence-corrected chi connectivity index (χ3v) is 4.50. The Balaban J connectivity index is 2.65. The van der Waals surface area contributed by atoms with Crippen LogP contribution in [0.15, 0.2) is 53.5 Å². The Bertz CT molecular complexity index is 975. The molecule has 0 unspecified atom stereocenters. The molecular formula is C20H19Cl2N3O2. The molecule has 0 saturated heterocycles. The van der Waals surface area contributed by atoms with Crippen LogP contribution in [0.25, 0.3) is 10.9 Å². The number of hydrogen-bond donors (Lipinski definition) is 1. The highest BCUT2D eigenvalue weighted by Crippen LogP contribution is 2.32. The molecular weight excluding hydrogens is 385 g/mol. The highest BCUT2D eigenvalue weighted by Gasteiger charge is 2.13. The first kappa shape index (κ1) is 20.6. The molecule has 0 aliphatic carbocycles. The number of ether oxygens (including phenoxy) is 2. The number of aromatic nitrogens is 1. The number of rotatable bonds is 7. The number of alkyl halides is 1. The van der Waals surface area contributed by atoms with Crippen molar-refractivity contribution in [3.63, 3.8) is 0 Å². The number of anilines is 1. The number of methoxy groups -OCH3 is 2.